The van der Waals surface area contributed by atoms with Gasteiger partial charge in [0.2, 0.25) is 5.91 Å². The summed E-state index contributed by atoms with van der Waals surface area (Å²) in [5.74, 6) is -1.92. The summed E-state index contributed by atoms with van der Waals surface area (Å²) in [5.41, 5.74) is 3.27. The average molecular weight is 479 g/mol. The first-order chi connectivity index (χ1) is 17.0. The molecule has 8 nitrogen and oxygen atoms in total. The maximum atomic E-state index is 13.0. The number of fused-ring (bicyclic) bond motifs is 3. The van der Waals surface area contributed by atoms with Gasteiger partial charge in [-0.15, -0.1) is 0 Å². The minimum absolute atomic E-state index is 0.0419. The number of carboxylic acids is 1. The molecule has 0 unspecified atom stereocenters. The summed E-state index contributed by atoms with van der Waals surface area (Å²) in [7, 11) is 0. The molecule has 0 spiro atoms. The number of hydrogen-bond donors (Lipinski definition) is 3. The fraction of sp³-hybridized carbons (Fsp3) is 0.444. The van der Waals surface area contributed by atoms with Gasteiger partial charge in [-0.05, 0) is 35.1 Å². The van der Waals surface area contributed by atoms with E-state index in [9.17, 15) is 19.5 Å². The van der Waals surface area contributed by atoms with Crippen LogP contribution in [-0.4, -0.2) is 54.5 Å². The first-order valence-corrected chi connectivity index (χ1v) is 12.2. The average Bonchev–Trinajstić information content (AvgIpc) is 3.46. The van der Waals surface area contributed by atoms with E-state index in [1.54, 1.807) is 0 Å². The van der Waals surface area contributed by atoms with E-state index in [1.807, 2.05) is 24.3 Å². The van der Waals surface area contributed by atoms with Crippen molar-refractivity contribution in [1.29, 1.82) is 0 Å². The van der Waals surface area contributed by atoms with Gasteiger partial charge < -0.3 is 25.2 Å². The molecule has 3 N–H and O–H groups in total. The van der Waals surface area contributed by atoms with Crippen LogP contribution in [0.3, 0.4) is 0 Å². The monoisotopic (exact) mass is 478 g/mol. The zero-order chi connectivity index (χ0) is 24.4. The van der Waals surface area contributed by atoms with Crippen LogP contribution in [0.4, 0.5) is 4.79 Å². The highest BCUT2D eigenvalue weighted by Crippen LogP contribution is 2.44. The van der Waals surface area contributed by atoms with Gasteiger partial charge in [0.1, 0.15) is 12.1 Å². The van der Waals surface area contributed by atoms with Crippen molar-refractivity contribution in [2.24, 2.45) is 5.92 Å². The number of amides is 2. The fourth-order valence-corrected chi connectivity index (χ4v) is 5.68. The third-order valence-corrected chi connectivity index (χ3v) is 7.62. The van der Waals surface area contributed by atoms with Crippen LogP contribution < -0.4 is 10.6 Å². The van der Waals surface area contributed by atoms with E-state index in [2.05, 4.69) is 34.9 Å². The number of alkyl carbamates (subject to hydrolysis) is 1. The number of rotatable bonds is 6. The molecule has 2 aromatic carbocycles. The smallest absolute Gasteiger partial charge is 0.407 e. The Labute approximate surface area is 204 Å². The van der Waals surface area contributed by atoms with Crippen LogP contribution in [-0.2, 0) is 19.1 Å². The Morgan fingerprint density at radius 1 is 0.971 bits per heavy atom. The van der Waals surface area contributed by atoms with Crippen LogP contribution in [0, 0.1) is 5.92 Å². The summed E-state index contributed by atoms with van der Waals surface area (Å²) >= 11 is 0. The summed E-state index contributed by atoms with van der Waals surface area (Å²) in [6.45, 7) is 0.781. The number of carbonyl (C=O) groups excluding carboxylic acids is 2. The quantitative estimate of drug-likeness (QED) is 0.586. The highest BCUT2D eigenvalue weighted by Gasteiger charge is 2.44. The van der Waals surface area contributed by atoms with E-state index in [0.29, 0.717) is 26.1 Å². The van der Waals surface area contributed by atoms with Gasteiger partial charge in [0, 0.05) is 38.0 Å². The van der Waals surface area contributed by atoms with Gasteiger partial charge in [-0.25, -0.2) is 9.59 Å². The van der Waals surface area contributed by atoms with Gasteiger partial charge in [-0.1, -0.05) is 55.0 Å². The molecule has 0 radical (unpaired) electrons. The van der Waals surface area contributed by atoms with Crippen molar-refractivity contribution in [3.8, 4) is 11.1 Å². The number of carbonyl (C=O) groups is 3. The lowest BCUT2D eigenvalue weighted by atomic mass is 9.88. The lowest BCUT2D eigenvalue weighted by molar-refractivity contribution is -0.152. The molecular formula is C27H30N2O6. The molecule has 0 bridgehead atoms. The van der Waals surface area contributed by atoms with Crippen LogP contribution >= 0.6 is 0 Å². The molecule has 8 heteroatoms. The lowest BCUT2D eigenvalue weighted by Crippen LogP contribution is -2.59. The molecule has 2 fully saturated rings. The Morgan fingerprint density at radius 3 is 2.23 bits per heavy atom. The van der Waals surface area contributed by atoms with Gasteiger partial charge in [0.25, 0.3) is 0 Å². The largest absolute Gasteiger partial charge is 0.480 e. The van der Waals surface area contributed by atoms with Gasteiger partial charge >= 0.3 is 12.1 Å². The SMILES string of the molecule is O=C(N[C@@H]1CCC[C@@H]1C(=O)NC1(C(=O)O)CCOCC1)OCC1c2ccccc2-c2ccccc21. The van der Waals surface area contributed by atoms with E-state index < -0.39 is 29.6 Å². The number of aliphatic carboxylic acids is 1. The summed E-state index contributed by atoms with van der Waals surface area (Å²) in [5, 5.41) is 15.4. The third kappa shape index (κ3) is 4.50. The second-order valence-electron chi connectivity index (χ2n) is 9.60. The number of hydrogen-bond acceptors (Lipinski definition) is 5. The Kier molecular flexibility index (Phi) is 6.47. The predicted octanol–water partition coefficient (Wildman–Crippen LogP) is 3.44. The van der Waals surface area contributed by atoms with Gasteiger partial charge in [0.05, 0.1) is 5.92 Å². The van der Waals surface area contributed by atoms with Crippen molar-refractivity contribution < 1.29 is 29.0 Å². The maximum absolute atomic E-state index is 13.0. The first-order valence-electron chi connectivity index (χ1n) is 12.2. The van der Waals surface area contributed by atoms with Crippen molar-refractivity contribution in [1.82, 2.24) is 10.6 Å². The predicted molar refractivity (Wildman–Crippen MR) is 128 cm³/mol. The minimum atomic E-state index is -1.31. The van der Waals surface area contributed by atoms with E-state index in [1.165, 1.54) is 0 Å². The Balaban J connectivity index is 1.21. The highest BCUT2D eigenvalue weighted by molar-refractivity contribution is 5.89. The molecule has 0 aromatic heterocycles. The summed E-state index contributed by atoms with van der Waals surface area (Å²) in [6.07, 6.45) is 1.90. The normalized spacial score (nSPS) is 22.6. The van der Waals surface area contributed by atoms with Gasteiger partial charge in [0.15, 0.2) is 0 Å². The van der Waals surface area contributed by atoms with Crippen molar-refractivity contribution in [3.63, 3.8) is 0 Å². The zero-order valence-corrected chi connectivity index (χ0v) is 19.5. The molecule has 184 valence electrons. The van der Waals surface area contributed by atoms with E-state index in [4.69, 9.17) is 9.47 Å². The molecule has 2 aromatic rings. The van der Waals surface area contributed by atoms with Crippen molar-refractivity contribution in [2.75, 3.05) is 19.8 Å². The van der Waals surface area contributed by atoms with Crippen LogP contribution in [0.5, 0.6) is 0 Å². The fourth-order valence-electron chi connectivity index (χ4n) is 5.68. The number of nitrogens with one attached hydrogen (secondary N) is 2. The summed E-state index contributed by atoms with van der Waals surface area (Å²) in [4.78, 5) is 37.7. The minimum Gasteiger partial charge on any atom is -0.480 e. The maximum Gasteiger partial charge on any atom is 0.407 e. The lowest BCUT2D eigenvalue weighted by Gasteiger charge is -2.35. The number of benzene rings is 2. The topological polar surface area (TPSA) is 114 Å². The van der Waals surface area contributed by atoms with Crippen LogP contribution in [0.15, 0.2) is 48.5 Å². The Bertz CT molecular complexity index is 1080. The standard InChI is InChI=1S/C27H30N2O6/c30-24(29-27(25(31)32)12-14-34-15-13-27)21-10-5-11-23(21)28-26(33)35-16-22-19-8-3-1-6-17(19)18-7-2-4-9-20(18)22/h1-4,6-9,21-23H,5,10-16H2,(H,28,33)(H,29,30)(H,31,32)/t21-,23+/m0/s1. The molecule has 2 atom stereocenters. The number of carboxylic acid groups (broad SMARTS) is 1. The molecule has 1 heterocycles. The molecule has 5 rings (SSSR count). The van der Waals surface area contributed by atoms with Gasteiger partial charge in [-0.3, -0.25) is 4.79 Å². The molecule has 3 aliphatic rings. The molecule has 1 saturated heterocycles. The Hall–Kier alpha value is -3.39. The third-order valence-electron chi connectivity index (χ3n) is 7.62. The second kappa shape index (κ2) is 9.70. The van der Waals surface area contributed by atoms with Crippen molar-refractivity contribution in [2.45, 2.75) is 49.6 Å². The van der Waals surface area contributed by atoms with E-state index in [-0.39, 0.29) is 31.3 Å². The van der Waals surface area contributed by atoms with E-state index >= 15 is 0 Å². The first kappa shape index (κ1) is 23.4. The molecule has 1 saturated carbocycles. The molecule has 1 aliphatic heterocycles. The zero-order valence-electron chi connectivity index (χ0n) is 19.5. The van der Waals surface area contributed by atoms with Crippen LogP contribution in [0.25, 0.3) is 11.1 Å². The number of ether oxygens (including phenoxy) is 2. The van der Waals surface area contributed by atoms with E-state index in [0.717, 1.165) is 28.7 Å². The van der Waals surface area contributed by atoms with Gasteiger partial charge in [-0.2, -0.15) is 0 Å². The Morgan fingerprint density at radius 2 is 1.60 bits per heavy atom. The summed E-state index contributed by atoms with van der Waals surface area (Å²) < 4.78 is 10.9. The second-order valence-corrected chi connectivity index (χ2v) is 9.60. The highest BCUT2D eigenvalue weighted by atomic mass is 16.5. The molecule has 35 heavy (non-hydrogen) atoms. The van der Waals surface area contributed by atoms with Crippen molar-refractivity contribution >= 4 is 18.0 Å². The summed E-state index contributed by atoms with van der Waals surface area (Å²) in [6, 6.07) is 15.9. The molecular weight excluding hydrogens is 448 g/mol. The van der Waals surface area contributed by atoms with Crippen LogP contribution in [0.2, 0.25) is 0 Å². The molecule has 2 amide bonds. The molecule has 2 aliphatic carbocycles. The van der Waals surface area contributed by atoms with Crippen LogP contribution in [0.1, 0.15) is 49.1 Å². The van der Waals surface area contributed by atoms with Crippen molar-refractivity contribution in [3.05, 3.63) is 59.7 Å².